The molecule has 0 saturated heterocycles. The number of hydrogen-bond acceptors (Lipinski definition) is 2. The van der Waals surface area contributed by atoms with Gasteiger partial charge in [-0.1, -0.05) is 24.8 Å². The van der Waals surface area contributed by atoms with Gasteiger partial charge >= 0.3 is 0 Å². The first-order valence-electron chi connectivity index (χ1n) is 5.67. The minimum Gasteiger partial charge on any atom is -0.489 e. The molecule has 16 heavy (non-hydrogen) atoms. The highest BCUT2D eigenvalue weighted by Gasteiger charge is 2.05. The highest BCUT2D eigenvalue weighted by molar-refractivity contribution is 5.43. The van der Waals surface area contributed by atoms with Gasteiger partial charge in [0.15, 0.2) is 0 Å². The van der Waals surface area contributed by atoms with Gasteiger partial charge in [0.25, 0.3) is 0 Å². The Morgan fingerprint density at radius 1 is 1.31 bits per heavy atom. The molecule has 0 spiro atoms. The Labute approximate surface area is 98.3 Å². The zero-order chi connectivity index (χ0) is 12.0. The largest absolute Gasteiger partial charge is 0.489 e. The quantitative estimate of drug-likeness (QED) is 0.743. The summed E-state index contributed by atoms with van der Waals surface area (Å²) in [5.41, 5.74) is 3.76. The second kappa shape index (κ2) is 6.33. The Morgan fingerprint density at radius 3 is 2.44 bits per heavy atom. The number of benzene rings is 1. The third kappa shape index (κ3) is 3.38. The van der Waals surface area contributed by atoms with Crippen LogP contribution in [0.2, 0.25) is 0 Å². The molecular weight excluding hydrogens is 198 g/mol. The number of aryl methyl sites for hydroxylation is 2. The molecule has 0 saturated carbocycles. The maximum atomic E-state index is 5.64. The van der Waals surface area contributed by atoms with Gasteiger partial charge in [-0.3, -0.25) is 0 Å². The van der Waals surface area contributed by atoms with Crippen LogP contribution in [-0.2, 0) is 6.42 Å². The van der Waals surface area contributed by atoms with Crippen LogP contribution in [-0.4, -0.2) is 20.2 Å². The zero-order valence-electron chi connectivity index (χ0n) is 10.5. The van der Waals surface area contributed by atoms with Crippen molar-refractivity contribution >= 4 is 0 Å². The van der Waals surface area contributed by atoms with Crippen molar-refractivity contribution in [2.24, 2.45) is 0 Å². The van der Waals surface area contributed by atoms with Crippen LogP contribution >= 0.6 is 0 Å². The smallest absolute Gasteiger partial charge is 0.125 e. The van der Waals surface area contributed by atoms with E-state index in [0.717, 1.165) is 18.7 Å². The molecule has 0 heterocycles. The van der Waals surface area contributed by atoms with E-state index < -0.39 is 0 Å². The van der Waals surface area contributed by atoms with E-state index in [1.165, 1.54) is 16.7 Å². The van der Waals surface area contributed by atoms with E-state index >= 15 is 0 Å². The Kier molecular flexibility index (Phi) is 5.06. The van der Waals surface area contributed by atoms with Crippen LogP contribution in [0.15, 0.2) is 24.8 Å². The van der Waals surface area contributed by atoms with Crippen molar-refractivity contribution in [3.05, 3.63) is 41.5 Å². The van der Waals surface area contributed by atoms with Gasteiger partial charge in [0.2, 0.25) is 0 Å². The van der Waals surface area contributed by atoms with Crippen molar-refractivity contribution in [1.82, 2.24) is 5.32 Å². The van der Waals surface area contributed by atoms with Crippen molar-refractivity contribution in [2.45, 2.75) is 20.3 Å². The van der Waals surface area contributed by atoms with E-state index in [4.69, 9.17) is 4.74 Å². The summed E-state index contributed by atoms with van der Waals surface area (Å²) in [5, 5.41) is 3.16. The van der Waals surface area contributed by atoms with Crippen molar-refractivity contribution in [2.75, 3.05) is 20.2 Å². The van der Waals surface area contributed by atoms with Crippen LogP contribution in [0.3, 0.4) is 0 Å². The van der Waals surface area contributed by atoms with Gasteiger partial charge in [-0.15, -0.1) is 0 Å². The van der Waals surface area contributed by atoms with Gasteiger partial charge in [-0.2, -0.15) is 0 Å². The molecule has 2 nitrogen and oxygen atoms in total. The lowest BCUT2D eigenvalue weighted by atomic mass is 10.0. The topological polar surface area (TPSA) is 21.3 Å². The molecule has 0 fully saturated rings. The second-order valence-corrected chi connectivity index (χ2v) is 4.01. The summed E-state index contributed by atoms with van der Waals surface area (Å²) < 4.78 is 5.64. The summed E-state index contributed by atoms with van der Waals surface area (Å²) in [5.74, 6) is 0.994. The van der Waals surface area contributed by atoms with Crippen LogP contribution in [0.5, 0.6) is 5.75 Å². The van der Waals surface area contributed by atoms with Crippen LogP contribution in [0.4, 0.5) is 0 Å². The number of nitrogens with one attached hydrogen (secondary N) is 1. The van der Waals surface area contributed by atoms with Gasteiger partial charge in [0, 0.05) is 0 Å². The van der Waals surface area contributed by atoms with E-state index in [2.05, 4.69) is 37.9 Å². The number of hydrogen-bond donors (Lipinski definition) is 1. The standard InChI is InChI=1S/C14H21NO/c1-5-8-16-14-11(2)9-13(6-7-15-4)10-12(14)3/h5,9-10,15H,1,6-8H2,2-4H3. The molecular formula is C14H21NO. The van der Waals surface area contributed by atoms with E-state index in [0.29, 0.717) is 6.61 Å². The second-order valence-electron chi connectivity index (χ2n) is 4.01. The first kappa shape index (κ1) is 12.8. The Bertz CT molecular complexity index is 335. The number of likely N-dealkylation sites (N-methyl/N-ethyl adjacent to an activating group) is 1. The summed E-state index contributed by atoms with van der Waals surface area (Å²) >= 11 is 0. The summed E-state index contributed by atoms with van der Waals surface area (Å²) in [6, 6.07) is 4.39. The summed E-state index contributed by atoms with van der Waals surface area (Å²) in [7, 11) is 1.97. The fourth-order valence-corrected chi connectivity index (χ4v) is 1.82. The lowest BCUT2D eigenvalue weighted by molar-refractivity contribution is 0.358. The van der Waals surface area contributed by atoms with Crippen LogP contribution in [0, 0.1) is 13.8 Å². The summed E-state index contributed by atoms with van der Waals surface area (Å²) in [6.45, 7) is 9.42. The fourth-order valence-electron chi connectivity index (χ4n) is 1.82. The average Bonchev–Trinajstić information content (AvgIpc) is 2.25. The lowest BCUT2D eigenvalue weighted by Crippen LogP contribution is -2.10. The Balaban J connectivity index is 2.84. The third-order valence-corrected chi connectivity index (χ3v) is 2.53. The van der Waals surface area contributed by atoms with Gasteiger partial charge in [-0.05, 0) is 50.6 Å². The molecule has 0 unspecified atom stereocenters. The molecule has 1 aromatic carbocycles. The van der Waals surface area contributed by atoms with Crippen LogP contribution in [0.1, 0.15) is 16.7 Å². The first-order chi connectivity index (χ1) is 7.69. The predicted molar refractivity (Wildman–Crippen MR) is 69.2 cm³/mol. The monoisotopic (exact) mass is 219 g/mol. The van der Waals surface area contributed by atoms with Crippen LogP contribution < -0.4 is 10.1 Å². The molecule has 0 aliphatic heterocycles. The Morgan fingerprint density at radius 2 is 1.94 bits per heavy atom. The van der Waals surface area contributed by atoms with Crippen molar-refractivity contribution in [1.29, 1.82) is 0 Å². The highest BCUT2D eigenvalue weighted by atomic mass is 16.5. The number of ether oxygens (including phenoxy) is 1. The molecule has 0 atom stereocenters. The third-order valence-electron chi connectivity index (χ3n) is 2.53. The normalized spacial score (nSPS) is 10.2. The van der Waals surface area contributed by atoms with E-state index in [9.17, 15) is 0 Å². The minimum absolute atomic E-state index is 0.567. The number of rotatable bonds is 6. The van der Waals surface area contributed by atoms with Crippen molar-refractivity contribution in [3.8, 4) is 5.75 Å². The maximum absolute atomic E-state index is 5.64. The van der Waals surface area contributed by atoms with E-state index in [1.807, 2.05) is 7.05 Å². The molecule has 0 aromatic heterocycles. The summed E-state index contributed by atoms with van der Waals surface area (Å²) in [4.78, 5) is 0. The predicted octanol–water partition coefficient (Wildman–Crippen LogP) is 2.63. The molecule has 1 rings (SSSR count). The van der Waals surface area contributed by atoms with Gasteiger partial charge in [0.1, 0.15) is 12.4 Å². The maximum Gasteiger partial charge on any atom is 0.125 e. The van der Waals surface area contributed by atoms with Gasteiger partial charge in [-0.25, -0.2) is 0 Å². The molecule has 2 heteroatoms. The van der Waals surface area contributed by atoms with E-state index in [-0.39, 0.29) is 0 Å². The SMILES string of the molecule is C=CCOc1c(C)cc(CCNC)cc1C. The van der Waals surface area contributed by atoms with Crippen molar-refractivity contribution < 1.29 is 4.74 Å². The first-order valence-corrected chi connectivity index (χ1v) is 5.67. The molecule has 0 radical (unpaired) electrons. The lowest BCUT2D eigenvalue weighted by Gasteiger charge is -2.13. The molecule has 88 valence electrons. The zero-order valence-corrected chi connectivity index (χ0v) is 10.5. The molecule has 0 aliphatic carbocycles. The van der Waals surface area contributed by atoms with Crippen molar-refractivity contribution in [3.63, 3.8) is 0 Å². The minimum atomic E-state index is 0.567. The molecule has 0 amide bonds. The van der Waals surface area contributed by atoms with Gasteiger partial charge < -0.3 is 10.1 Å². The van der Waals surface area contributed by atoms with Crippen LogP contribution in [0.25, 0.3) is 0 Å². The van der Waals surface area contributed by atoms with E-state index in [1.54, 1.807) is 6.08 Å². The summed E-state index contributed by atoms with van der Waals surface area (Å²) in [6.07, 6.45) is 2.83. The molecule has 0 bridgehead atoms. The van der Waals surface area contributed by atoms with Gasteiger partial charge in [0.05, 0.1) is 0 Å². The Hall–Kier alpha value is -1.28. The highest BCUT2D eigenvalue weighted by Crippen LogP contribution is 2.24. The molecule has 0 aliphatic rings. The molecule has 1 N–H and O–H groups in total. The average molecular weight is 219 g/mol. The fraction of sp³-hybridized carbons (Fsp3) is 0.429. The molecule has 1 aromatic rings.